The van der Waals surface area contributed by atoms with Gasteiger partial charge in [0.1, 0.15) is 11.3 Å². The average molecular weight is 429 g/mol. The van der Waals surface area contributed by atoms with Crippen molar-refractivity contribution in [1.82, 2.24) is 14.6 Å². The molecule has 1 fully saturated rings. The first-order valence-corrected chi connectivity index (χ1v) is 10.8. The van der Waals surface area contributed by atoms with Crippen LogP contribution >= 0.6 is 0 Å². The van der Waals surface area contributed by atoms with Gasteiger partial charge in [-0.25, -0.2) is 13.9 Å². The molecule has 0 saturated carbocycles. The number of hydrogen-bond acceptors (Lipinski definition) is 4. The number of hydrogen-bond donors (Lipinski definition) is 1. The highest BCUT2D eigenvalue weighted by molar-refractivity contribution is 5.92. The van der Waals surface area contributed by atoms with Crippen LogP contribution in [0.25, 0.3) is 16.8 Å². The molecule has 6 nitrogen and oxygen atoms in total. The Balaban J connectivity index is 1.30. The molecule has 32 heavy (non-hydrogen) atoms. The van der Waals surface area contributed by atoms with Crippen LogP contribution in [0.5, 0.6) is 0 Å². The minimum atomic E-state index is -0.269. The lowest BCUT2D eigenvalue weighted by molar-refractivity contribution is -0.120. The van der Waals surface area contributed by atoms with Crippen molar-refractivity contribution in [3.05, 3.63) is 78.4 Å². The highest BCUT2D eigenvalue weighted by Gasteiger charge is 2.27. The lowest BCUT2D eigenvalue weighted by Gasteiger charge is -2.32. The second-order valence-corrected chi connectivity index (χ2v) is 8.24. The van der Waals surface area contributed by atoms with Crippen LogP contribution in [-0.2, 0) is 4.79 Å². The van der Waals surface area contributed by atoms with Gasteiger partial charge in [0.15, 0.2) is 5.82 Å². The molecule has 3 heterocycles. The van der Waals surface area contributed by atoms with Crippen molar-refractivity contribution in [1.29, 1.82) is 0 Å². The van der Waals surface area contributed by atoms with E-state index in [1.165, 1.54) is 12.1 Å². The largest absolute Gasteiger partial charge is 0.355 e. The number of fused-ring (bicyclic) bond motifs is 1. The summed E-state index contributed by atoms with van der Waals surface area (Å²) in [7, 11) is 0. The first-order valence-electron chi connectivity index (χ1n) is 10.8. The Labute approximate surface area is 185 Å². The van der Waals surface area contributed by atoms with Gasteiger partial charge in [-0.1, -0.05) is 12.1 Å². The number of piperidine rings is 1. The van der Waals surface area contributed by atoms with Gasteiger partial charge >= 0.3 is 0 Å². The van der Waals surface area contributed by atoms with Gasteiger partial charge in [-0.05, 0) is 67.8 Å². The molecule has 1 aliphatic rings. The summed E-state index contributed by atoms with van der Waals surface area (Å²) in [5.74, 6) is 0.635. The highest BCUT2D eigenvalue weighted by atomic mass is 19.1. The zero-order valence-electron chi connectivity index (χ0n) is 17.8. The van der Waals surface area contributed by atoms with Gasteiger partial charge in [0.05, 0.1) is 5.69 Å². The SMILES string of the molecule is Cc1cccc(NC(=O)C2CCN(c3nccn4nc(-c5ccc(F)cc5)cc34)CC2)c1. The highest BCUT2D eigenvalue weighted by Crippen LogP contribution is 2.29. The number of benzene rings is 2. The third kappa shape index (κ3) is 4.06. The molecule has 0 bridgehead atoms. The fourth-order valence-corrected chi connectivity index (χ4v) is 4.23. The van der Waals surface area contributed by atoms with Crippen molar-refractivity contribution in [2.24, 2.45) is 5.92 Å². The minimum Gasteiger partial charge on any atom is -0.355 e. The van der Waals surface area contributed by atoms with Crippen molar-refractivity contribution >= 4 is 22.9 Å². The maximum Gasteiger partial charge on any atom is 0.227 e. The van der Waals surface area contributed by atoms with E-state index in [1.807, 2.05) is 43.5 Å². The van der Waals surface area contributed by atoms with E-state index in [9.17, 15) is 9.18 Å². The van der Waals surface area contributed by atoms with Crippen LogP contribution in [0.4, 0.5) is 15.9 Å². The molecule has 0 atom stereocenters. The molecule has 162 valence electrons. The first-order chi connectivity index (χ1) is 15.6. The summed E-state index contributed by atoms with van der Waals surface area (Å²) in [5.41, 5.74) is 4.49. The summed E-state index contributed by atoms with van der Waals surface area (Å²) in [6.07, 6.45) is 5.08. The van der Waals surface area contributed by atoms with Crippen LogP contribution in [0, 0.1) is 18.7 Å². The van der Waals surface area contributed by atoms with Crippen molar-refractivity contribution in [3.63, 3.8) is 0 Å². The molecule has 2 aromatic heterocycles. The summed E-state index contributed by atoms with van der Waals surface area (Å²) in [6.45, 7) is 3.50. The van der Waals surface area contributed by atoms with Crippen LogP contribution in [0.1, 0.15) is 18.4 Å². The van der Waals surface area contributed by atoms with E-state index in [0.29, 0.717) is 0 Å². The van der Waals surface area contributed by atoms with E-state index in [-0.39, 0.29) is 17.6 Å². The molecule has 1 N–H and O–H groups in total. The zero-order valence-corrected chi connectivity index (χ0v) is 17.8. The van der Waals surface area contributed by atoms with E-state index in [0.717, 1.165) is 59.8 Å². The molecular formula is C25H24FN5O. The minimum absolute atomic E-state index is 0.0221. The van der Waals surface area contributed by atoms with E-state index in [2.05, 4.69) is 20.3 Å². The maximum absolute atomic E-state index is 13.3. The van der Waals surface area contributed by atoms with Crippen LogP contribution in [-0.4, -0.2) is 33.6 Å². The smallest absolute Gasteiger partial charge is 0.227 e. The van der Waals surface area contributed by atoms with Gasteiger partial charge in [0, 0.05) is 42.7 Å². The monoisotopic (exact) mass is 429 g/mol. The van der Waals surface area contributed by atoms with Gasteiger partial charge in [-0.15, -0.1) is 0 Å². The van der Waals surface area contributed by atoms with Crippen LogP contribution in [0.2, 0.25) is 0 Å². The molecule has 7 heteroatoms. The number of halogens is 1. The quantitative estimate of drug-likeness (QED) is 0.511. The molecule has 0 unspecified atom stereocenters. The summed E-state index contributed by atoms with van der Waals surface area (Å²) in [4.78, 5) is 19.5. The van der Waals surface area contributed by atoms with Gasteiger partial charge in [-0.3, -0.25) is 4.79 Å². The molecule has 4 aromatic rings. The van der Waals surface area contributed by atoms with E-state index in [4.69, 9.17) is 0 Å². The maximum atomic E-state index is 13.3. The Morgan fingerprint density at radius 1 is 1.09 bits per heavy atom. The van der Waals surface area contributed by atoms with Gasteiger partial charge in [0.25, 0.3) is 0 Å². The molecular weight excluding hydrogens is 405 g/mol. The van der Waals surface area contributed by atoms with E-state index in [1.54, 1.807) is 22.8 Å². The average Bonchev–Trinajstić information content (AvgIpc) is 3.24. The fraction of sp³-hybridized carbons (Fsp3) is 0.240. The second kappa shape index (κ2) is 8.42. The predicted molar refractivity (Wildman–Crippen MR) is 123 cm³/mol. The Kier molecular flexibility index (Phi) is 5.31. The number of carbonyl (C=O) groups excluding carboxylic acids is 1. The van der Waals surface area contributed by atoms with Gasteiger partial charge < -0.3 is 10.2 Å². The fourth-order valence-electron chi connectivity index (χ4n) is 4.23. The number of carbonyl (C=O) groups is 1. The lowest BCUT2D eigenvalue weighted by atomic mass is 9.95. The van der Waals surface area contributed by atoms with Gasteiger partial charge in [0.2, 0.25) is 5.91 Å². The summed E-state index contributed by atoms with van der Waals surface area (Å²) in [5, 5.41) is 7.68. The molecule has 1 amide bonds. The third-order valence-electron chi connectivity index (χ3n) is 5.96. The number of aromatic nitrogens is 3. The topological polar surface area (TPSA) is 62.5 Å². The number of amides is 1. The molecule has 2 aromatic carbocycles. The Bertz CT molecular complexity index is 1260. The van der Waals surface area contributed by atoms with Crippen LogP contribution in [0.3, 0.4) is 0 Å². The number of nitrogens with zero attached hydrogens (tertiary/aromatic N) is 4. The Morgan fingerprint density at radius 2 is 1.88 bits per heavy atom. The lowest BCUT2D eigenvalue weighted by Crippen LogP contribution is -2.38. The third-order valence-corrected chi connectivity index (χ3v) is 5.96. The Hall–Kier alpha value is -3.74. The molecule has 1 aliphatic heterocycles. The molecule has 0 spiro atoms. The van der Waals surface area contributed by atoms with Gasteiger partial charge in [-0.2, -0.15) is 5.10 Å². The summed E-state index contributed by atoms with van der Waals surface area (Å²) in [6, 6.07) is 16.2. The number of anilines is 2. The second-order valence-electron chi connectivity index (χ2n) is 8.24. The normalized spacial score (nSPS) is 14.6. The summed E-state index contributed by atoms with van der Waals surface area (Å²) >= 11 is 0. The van der Waals surface area contributed by atoms with E-state index >= 15 is 0 Å². The molecule has 0 aliphatic carbocycles. The Morgan fingerprint density at radius 3 is 2.62 bits per heavy atom. The zero-order chi connectivity index (χ0) is 22.1. The standard InChI is InChI=1S/C25H24FN5O/c1-17-3-2-4-21(15-17)28-25(32)19-9-12-30(13-10-19)24-23-16-22(29-31(23)14-11-27-24)18-5-7-20(26)8-6-18/h2-8,11,14-16,19H,9-10,12-13H2,1H3,(H,28,32). The van der Waals surface area contributed by atoms with E-state index < -0.39 is 0 Å². The van der Waals surface area contributed by atoms with Crippen molar-refractivity contribution in [2.45, 2.75) is 19.8 Å². The summed E-state index contributed by atoms with van der Waals surface area (Å²) < 4.78 is 15.1. The number of aryl methyl sites for hydroxylation is 1. The van der Waals surface area contributed by atoms with Crippen molar-refractivity contribution in [2.75, 3.05) is 23.3 Å². The van der Waals surface area contributed by atoms with Crippen LogP contribution < -0.4 is 10.2 Å². The van der Waals surface area contributed by atoms with Crippen molar-refractivity contribution < 1.29 is 9.18 Å². The molecule has 5 rings (SSSR count). The number of rotatable bonds is 4. The predicted octanol–water partition coefficient (Wildman–Crippen LogP) is 4.70. The first kappa shape index (κ1) is 20.2. The number of nitrogens with one attached hydrogen (secondary N) is 1. The molecule has 1 saturated heterocycles. The van der Waals surface area contributed by atoms with Crippen molar-refractivity contribution in [3.8, 4) is 11.3 Å². The molecule has 0 radical (unpaired) electrons. The van der Waals surface area contributed by atoms with Crippen LogP contribution in [0.15, 0.2) is 67.0 Å².